The number of rotatable bonds is 5. The van der Waals surface area contributed by atoms with Crippen LogP contribution in [0.4, 0.5) is 0 Å². The van der Waals surface area contributed by atoms with Gasteiger partial charge in [0.1, 0.15) is 0 Å². The van der Waals surface area contributed by atoms with Crippen molar-refractivity contribution in [2.75, 3.05) is 6.54 Å². The van der Waals surface area contributed by atoms with E-state index >= 15 is 0 Å². The fraction of sp³-hybridized carbons (Fsp3) is 1.00. The van der Waals surface area contributed by atoms with E-state index in [1.54, 1.807) is 0 Å². The summed E-state index contributed by atoms with van der Waals surface area (Å²) in [6.45, 7) is 8.07. The smallest absolute Gasteiger partial charge is 0.0116 e. The third-order valence-electron chi connectivity index (χ3n) is 4.65. The number of fused-ring (bicyclic) bond motifs is 2. The molecule has 2 rings (SSSR count). The molecule has 0 amide bonds. The molecule has 2 saturated heterocycles. The topological polar surface area (TPSA) is 15.3 Å². The molecule has 0 saturated carbocycles. The van der Waals surface area contributed by atoms with Crippen LogP contribution in [0.3, 0.4) is 0 Å². The molecule has 0 spiro atoms. The van der Waals surface area contributed by atoms with Crippen molar-refractivity contribution < 1.29 is 0 Å². The fourth-order valence-corrected chi connectivity index (χ4v) is 3.98. The number of nitrogens with zero attached hydrogens (tertiary/aromatic N) is 1. The summed E-state index contributed by atoms with van der Waals surface area (Å²) in [5.74, 6) is 0. The van der Waals surface area contributed by atoms with Gasteiger partial charge >= 0.3 is 0 Å². The van der Waals surface area contributed by atoms with Crippen LogP contribution in [-0.4, -0.2) is 35.6 Å². The van der Waals surface area contributed by atoms with E-state index in [0.29, 0.717) is 0 Å². The van der Waals surface area contributed by atoms with Gasteiger partial charge in [0, 0.05) is 24.2 Å². The molecule has 2 nitrogen and oxygen atoms in total. The predicted molar refractivity (Wildman–Crippen MR) is 69.7 cm³/mol. The molecule has 0 aliphatic carbocycles. The zero-order chi connectivity index (χ0) is 11.5. The van der Waals surface area contributed by atoms with Gasteiger partial charge in [-0.15, -0.1) is 0 Å². The molecule has 0 aromatic rings. The van der Waals surface area contributed by atoms with Gasteiger partial charge in [-0.25, -0.2) is 0 Å². The van der Waals surface area contributed by atoms with Crippen molar-refractivity contribution in [1.82, 2.24) is 10.2 Å². The van der Waals surface area contributed by atoms with Crippen LogP contribution >= 0.6 is 0 Å². The average molecular weight is 224 g/mol. The summed E-state index contributed by atoms with van der Waals surface area (Å²) in [4.78, 5) is 2.87. The highest BCUT2D eigenvalue weighted by molar-refractivity contribution is 4.99. The van der Waals surface area contributed by atoms with E-state index < -0.39 is 0 Å². The Hall–Kier alpha value is -0.0800. The Balaban J connectivity index is 1.98. The number of piperidine rings is 1. The van der Waals surface area contributed by atoms with Crippen LogP contribution in [0.15, 0.2) is 0 Å². The van der Waals surface area contributed by atoms with Gasteiger partial charge in [-0.05, 0) is 45.1 Å². The Morgan fingerprint density at radius 3 is 2.06 bits per heavy atom. The maximum atomic E-state index is 3.65. The summed E-state index contributed by atoms with van der Waals surface area (Å²) < 4.78 is 0. The van der Waals surface area contributed by atoms with E-state index in [4.69, 9.17) is 0 Å². The SMILES string of the molecule is CCNC1CC2CCC(C1)N2C(CC)CC. The molecule has 2 bridgehead atoms. The quantitative estimate of drug-likeness (QED) is 0.772. The Kier molecular flexibility index (Phi) is 4.26. The normalized spacial score (nSPS) is 34.9. The van der Waals surface area contributed by atoms with Crippen LogP contribution in [-0.2, 0) is 0 Å². The minimum Gasteiger partial charge on any atom is -0.314 e. The first-order valence-electron chi connectivity index (χ1n) is 7.30. The molecule has 94 valence electrons. The van der Waals surface area contributed by atoms with Gasteiger partial charge < -0.3 is 5.32 Å². The van der Waals surface area contributed by atoms with Crippen molar-refractivity contribution in [1.29, 1.82) is 0 Å². The van der Waals surface area contributed by atoms with Crippen molar-refractivity contribution in [3.8, 4) is 0 Å². The van der Waals surface area contributed by atoms with Crippen molar-refractivity contribution >= 4 is 0 Å². The number of hydrogen-bond donors (Lipinski definition) is 1. The van der Waals surface area contributed by atoms with Crippen LogP contribution in [0.2, 0.25) is 0 Å². The van der Waals surface area contributed by atoms with E-state index in [9.17, 15) is 0 Å². The molecule has 2 unspecified atom stereocenters. The van der Waals surface area contributed by atoms with Crippen LogP contribution in [0, 0.1) is 0 Å². The van der Waals surface area contributed by atoms with Crippen LogP contribution < -0.4 is 5.32 Å². The molecule has 2 heteroatoms. The Morgan fingerprint density at radius 2 is 1.62 bits per heavy atom. The van der Waals surface area contributed by atoms with Crippen LogP contribution in [0.25, 0.3) is 0 Å². The summed E-state index contributed by atoms with van der Waals surface area (Å²) in [6, 6.07) is 3.41. The molecule has 0 aromatic carbocycles. The van der Waals surface area contributed by atoms with E-state index in [-0.39, 0.29) is 0 Å². The largest absolute Gasteiger partial charge is 0.314 e. The highest BCUT2D eigenvalue weighted by Gasteiger charge is 2.42. The highest BCUT2D eigenvalue weighted by Crippen LogP contribution is 2.38. The molecule has 1 N–H and O–H groups in total. The zero-order valence-electron chi connectivity index (χ0n) is 11.2. The summed E-state index contributed by atoms with van der Waals surface area (Å²) in [5.41, 5.74) is 0. The second-order valence-corrected chi connectivity index (χ2v) is 5.53. The number of hydrogen-bond acceptors (Lipinski definition) is 2. The lowest BCUT2D eigenvalue weighted by atomic mass is 9.94. The Labute approximate surface area is 101 Å². The lowest BCUT2D eigenvalue weighted by Gasteiger charge is -2.43. The van der Waals surface area contributed by atoms with Crippen molar-refractivity contribution in [3.05, 3.63) is 0 Å². The average Bonchev–Trinajstić information content (AvgIpc) is 2.55. The molecule has 16 heavy (non-hydrogen) atoms. The molecular formula is C14H28N2. The highest BCUT2D eigenvalue weighted by atomic mass is 15.3. The molecule has 2 heterocycles. The maximum absolute atomic E-state index is 3.65. The number of nitrogens with one attached hydrogen (secondary N) is 1. The second-order valence-electron chi connectivity index (χ2n) is 5.53. The Morgan fingerprint density at radius 1 is 1.06 bits per heavy atom. The summed E-state index contributed by atoms with van der Waals surface area (Å²) >= 11 is 0. The minimum atomic E-state index is 0.799. The predicted octanol–water partition coefficient (Wildman–Crippen LogP) is 2.78. The summed E-state index contributed by atoms with van der Waals surface area (Å²) in [5, 5.41) is 3.65. The molecule has 2 fully saturated rings. The first kappa shape index (κ1) is 12.4. The van der Waals surface area contributed by atoms with E-state index in [2.05, 4.69) is 31.0 Å². The minimum absolute atomic E-state index is 0.799. The molecule has 0 aromatic heterocycles. The van der Waals surface area contributed by atoms with Gasteiger partial charge in [0.15, 0.2) is 0 Å². The third-order valence-corrected chi connectivity index (χ3v) is 4.65. The van der Waals surface area contributed by atoms with Crippen molar-refractivity contribution in [3.63, 3.8) is 0 Å². The molecule has 2 aliphatic heterocycles. The monoisotopic (exact) mass is 224 g/mol. The first-order chi connectivity index (χ1) is 7.80. The van der Waals surface area contributed by atoms with Gasteiger partial charge in [0.25, 0.3) is 0 Å². The fourth-order valence-electron chi connectivity index (χ4n) is 3.98. The Bertz CT molecular complexity index is 199. The van der Waals surface area contributed by atoms with Crippen LogP contribution in [0.5, 0.6) is 0 Å². The third kappa shape index (κ3) is 2.28. The zero-order valence-corrected chi connectivity index (χ0v) is 11.2. The summed E-state index contributed by atoms with van der Waals surface area (Å²) in [6.07, 6.45) is 8.33. The van der Waals surface area contributed by atoms with Crippen molar-refractivity contribution in [2.45, 2.75) is 83.5 Å². The molecular weight excluding hydrogens is 196 g/mol. The van der Waals surface area contributed by atoms with Gasteiger partial charge in [-0.1, -0.05) is 20.8 Å². The van der Waals surface area contributed by atoms with Crippen LogP contribution in [0.1, 0.15) is 59.3 Å². The van der Waals surface area contributed by atoms with Gasteiger partial charge in [-0.3, -0.25) is 4.90 Å². The lowest BCUT2D eigenvalue weighted by Crippen LogP contribution is -2.52. The molecule has 2 atom stereocenters. The van der Waals surface area contributed by atoms with Gasteiger partial charge in [-0.2, -0.15) is 0 Å². The maximum Gasteiger partial charge on any atom is 0.0116 e. The summed E-state index contributed by atoms with van der Waals surface area (Å²) in [7, 11) is 0. The lowest BCUT2D eigenvalue weighted by molar-refractivity contribution is 0.0659. The van der Waals surface area contributed by atoms with Crippen molar-refractivity contribution in [2.24, 2.45) is 0 Å². The van der Waals surface area contributed by atoms with E-state index in [1.165, 1.54) is 38.5 Å². The second kappa shape index (κ2) is 5.50. The van der Waals surface area contributed by atoms with Gasteiger partial charge in [0.05, 0.1) is 0 Å². The first-order valence-corrected chi connectivity index (χ1v) is 7.30. The van der Waals surface area contributed by atoms with E-state index in [0.717, 1.165) is 30.7 Å². The molecule has 0 radical (unpaired) electrons. The van der Waals surface area contributed by atoms with Gasteiger partial charge in [0.2, 0.25) is 0 Å². The standard InChI is InChI=1S/C14H28N2/c1-4-12(5-2)16-13-7-8-14(16)10-11(9-13)15-6-3/h11-15H,4-10H2,1-3H3. The molecule has 2 aliphatic rings. The van der Waals surface area contributed by atoms with E-state index in [1.807, 2.05) is 0 Å².